The van der Waals surface area contributed by atoms with Crippen LogP contribution in [0.4, 0.5) is 19.2 Å². The number of rotatable bonds is 0. The van der Waals surface area contributed by atoms with Crippen LogP contribution in [0.25, 0.3) is 0 Å². The molecule has 1 aliphatic rings. The molecule has 0 aromatic rings. The number of amides is 8. The molecule has 1 rings (SSSR count). The Morgan fingerprint density at radius 3 is 0.821 bits per heavy atom. The monoisotopic (exact) mass is 400 g/mol. The van der Waals surface area contributed by atoms with Gasteiger partial charge in [0, 0.05) is 50.3 Å². The lowest BCUT2D eigenvalue weighted by molar-refractivity contribution is 0.226. The van der Waals surface area contributed by atoms with Gasteiger partial charge in [-0.25, -0.2) is 19.2 Å². The van der Waals surface area contributed by atoms with Crippen LogP contribution >= 0.6 is 0 Å². The molecule has 1 saturated heterocycles. The molecule has 0 spiro atoms. The molecule has 28 heavy (non-hydrogen) atoms. The Kier molecular flexibility index (Phi) is 9.68. The van der Waals surface area contributed by atoms with Crippen LogP contribution in [-0.2, 0) is 0 Å². The molecule has 1 aliphatic heterocycles. The summed E-state index contributed by atoms with van der Waals surface area (Å²) in [5.41, 5.74) is 0. The van der Waals surface area contributed by atoms with E-state index < -0.39 is 24.1 Å². The van der Waals surface area contributed by atoms with E-state index in [2.05, 4.69) is 42.5 Å². The Morgan fingerprint density at radius 1 is 0.464 bits per heavy atom. The molecule has 0 radical (unpaired) electrons. The maximum atomic E-state index is 11.9. The predicted molar refractivity (Wildman–Crippen MR) is 104 cm³/mol. The van der Waals surface area contributed by atoms with Crippen LogP contribution in [0.15, 0.2) is 0 Å². The highest BCUT2D eigenvalue weighted by Crippen LogP contribution is 1.86. The SMILES string of the molecule is C[C@@H]1CNC(=O)N[C@@H](C)CNC(=O)N[C@H](C)CNC(=O)N[C@@H](C)CNC(=O)N1. The highest BCUT2D eigenvalue weighted by atomic mass is 16.2. The van der Waals surface area contributed by atoms with Gasteiger partial charge in [0.05, 0.1) is 0 Å². The van der Waals surface area contributed by atoms with Gasteiger partial charge < -0.3 is 42.5 Å². The zero-order valence-corrected chi connectivity index (χ0v) is 16.8. The van der Waals surface area contributed by atoms with Gasteiger partial charge in [-0.2, -0.15) is 0 Å². The Bertz CT molecular complexity index is 463. The summed E-state index contributed by atoms with van der Waals surface area (Å²) >= 11 is 0. The maximum absolute atomic E-state index is 11.9. The van der Waals surface area contributed by atoms with Crippen molar-refractivity contribution < 1.29 is 19.2 Å². The molecular formula is C16H32N8O4. The first-order valence-electron chi connectivity index (χ1n) is 9.33. The van der Waals surface area contributed by atoms with Gasteiger partial charge in [0.15, 0.2) is 0 Å². The molecule has 0 aromatic heterocycles. The van der Waals surface area contributed by atoms with E-state index in [1.165, 1.54) is 0 Å². The van der Waals surface area contributed by atoms with E-state index in [9.17, 15) is 19.2 Å². The van der Waals surface area contributed by atoms with Crippen LogP contribution in [0.1, 0.15) is 27.7 Å². The van der Waals surface area contributed by atoms with Crippen molar-refractivity contribution in [2.45, 2.75) is 51.9 Å². The smallest absolute Gasteiger partial charge is 0.315 e. The lowest BCUT2D eigenvalue weighted by Crippen LogP contribution is -2.54. The van der Waals surface area contributed by atoms with Gasteiger partial charge in [-0.05, 0) is 27.7 Å². The summed E-state index contributed by atoms with van der Waals surface area (Å²) in [5, 5.41) is 21.4. The molecule has 8 amide bonds. The van der Waals surface area contributed by atoms with Gasteiger partial charge in [-0.3, -0.25) is 0 Å². The largest absolute Gasteiger partial charge is 0.336 e. The van der Waals surface area contributed by atoms with Crippen molar-refractivity contribution in [3.05, 3.63) is 0 Å². The van der Waals surface area contributed by atoms with Crippen molar-refractivity contribution in [3.63, 3.8) is 0 Å². The summed E-state index contributed by atoms with van der Waals surface area (Å²) in [6, 6.07) is -2.79. The van der Waals surface area contributed by atoms with Crippen LogP contribution in [0.2, 0.25) is 0 Å². The fourth-order valence-corrected chi connectivity index (χ4v) is 2.29. The van der Waals surface area contributed by atoms with E-state index in [1.54, 1.807) is 27.7 Å². The third kappa shape index (κ3) is 10.3. The Hall–Kier alpha value is -2.92. The molecular weight excluding hydrogens is 368 g/mol. The van der Waals surface area contributed by atoms with Gasteiger partial charge in [0.2, 0.25) is 0 Å². The standard InChI is InChI=1S/C16H32N8O4/c1-9-5-17-14(26)22-11(3)7-19-16(28)24-12(4)8-20-15(27)23-10(2)6-18-13(25)21-9/h9-12H,5-8H2,1-4H3,(H2,18,21,25)(H2,17,22,26)(H2,20,23,27)(H2,19,24,28)/t9-,10+,11+,12-. The first-order valence-corrected chi connectivity index (χ1v) is 9.33. The number of hydrogen-bond donors (Lipinski definition) is 8. The van der Waals surface area contributed by atoms with E-state index in [0.717, 1.165) is 0 Å². The number of hydrogen-bond acceptors (Lipinski definition) is 4. The van der Waals surface area contributed by atoms with Crippen molar-refractivity contribution in [2.24, 2.45) is 0 Å². The molecule has 0 aliphatic carbocycles. The average molecular weight is 400 g/mol. The van der Waals surface area contributed by atoms with E-state index in [4.69, 9.17) is 0 Å². The molecule has 8 N–H and O–H groups in total. The second-order valence-corrected chi connectivity index (χ2v) is 7.02. The fraction of sp³-hybridized carbons (Fsp3) is 0.750. The van der Waals surface area contributed by atoms with Gasteiger partial charge in [0.1, 0.15) is 0 Å². The molecule has 4 atom stereocenters. The molecule has 0 bridgehead atoms. The Labute approximate surface area is 164 Å². The van der Waals surface area contributed by atoms with Gasteiger partial charge in [-0.1, -0.05) is 0 Å². The first kappa shape index (κ1) is 23.1. The fourth-order valence-electron chi connectivity index (χ4n) is 2.29. The second kappa shape index (κ2) is 11.7. The number of nitrogens with one attached hydrogen (secondary N) is 8. The molecule has 1 heterocycles. The minimum atomic E-state index is -0.396. The first-order chi connectivity index (χ1) is 13.2. The molecule has 0 unspecified atom stereocenters. The van der Waals surface area contributed by atoms with Crippen molar-refractivity contribution in [2.75, 3.05) is 26.2 Å². The van der Waals surface area contributed by atoms with Crippen LogP contribution < -0.4 is 42.5 Å². The quantitative estimate of drug-likeness (QED) is 0.255. The third-order valence-corrected chi connectivity index (χ3v) is 3.79. The number of carbonyl (C=O) groups is 4. The van der Waals surface area contributed by atoms with Crippen molar-refractivity contribution in [1.82, 2.24) is 42.5 Å². The lowest BCUT2D eigenvalue weighted by atomic mass is 10.3. The zero-order chi connectivity index (χ0) is 21.1. The van der Waals surface area contributed by atoms with E-state index in [-0.39, 0.29) is 50.3 Å². The molecule has 12 nitrogen and oxygen atoms in total. The molecule has 160 valence electrons. The van der Waals surface area contributed by atoms with Crippen molar-refractivity contribution in [3.8, 4) is 0 Å². The Morgan fingerprint density at radius 2 is 0.643 bits per heavy atom. The van der Waals surface area contributed by atoms with Gasteiger partial charge >= 0.3 is 24.1 Å². The topological polar surface area (TPSA) is 165 Å². The summed E-state index contributed by atoms with van der Waals surface area (Å²) < 4.78 is 0. The molecule has 0 aromatic carbocycles. The third-order valence-electron chi connectivity index (χ3n) is 3.79. The minimum Gasteiger partial charge on any atom is -0.336 e. The maximum Gasteiger partial charge on any atom is 0.315 e. The van der Waals surface area contributed by atoms with Crippen molar-refractivity contribution >= 4 is 24.1 Å². The predicted octanol–water partition coefficient (Wildman–Crippen LogP) is -1.25. The van der Waals surface area contributed by atoms with E-state index >= 15 is 0 Å². The van der Waals surface area contributed by atoms with Crippen LogP contribution in [0.5, 0.6) is 0 Å². The second-order valence-electron chi connectivity index (χ2n) is 7.02. The van der Waals surface area contributed by atoms with Crippen LogP contribution in [-0.4, -0.2) is 74.5 Å². The highest BCUT2D eigenvalue weighted by molar-refractivity contribution is 5.77. The summed E-state index contributed by atoms with van der Waals surface area (Å²) in [4.78, 5) is 47.5. The summed E-state index contributed by atoms with van der Waals surface area (Å²) in [6.07, 6.45) is 0. The minimum absolute atomic E-state index is 0.230. The zero-order valence-electron chi connectivity index (χ0n) is 16.8. The van der Waals surface area contributed by atoms with Crippen LogP contribution in [0.3, 0.4) is 0 Å². The van der Waals surface area contributed by atoms with Crippen LogP contribution in [0, 0.1) is 0 Å². The summed E-state index contributed by atoms with van der Waals surface area (Å²) in [7, 11) is 0. The molecule has 1 fully saturated rings. The Balaban J connectivity index is 2.64. The number of carbonyl (C=O) groups excluding carboxylic acids is 4. The van der Waals surface area contributed by atoms with Crippen molar-refractivity contribution in [1.29, 1.82) is 0 Å². The molecule has 12 heteroatoms. The summed E-state index contributed by atoms with van der Waals surface area (Å²) in [5.74, 6) is 0. The van der Waals surface area contributed by atoms with Gasteiger partial charge in [-0.15, -0.1) is 0 Å². The van der Waals surface area contributed by atoms with E-state index in [1.807, 2.05) is 0 Å². The van der Waals surface area contributed by atoms with Gasteiger partial charge in [0.25, 0.3) is 0 Å². The number of urea groups is 4. The van der Waals surface area contributed by atoms with E-state index in [0.29, 0.717) is 0 Å². The normalized spacial score (nSPS) is 29.3. The highest BCUT2D eigenvalue weighted by Gasteiger charge is 2.15. The summed E-state index contributed by atoms with van der Waals surface area (Å²) in [6.45, 7) is 7.91. The lowest BCUT2D eigenvalue weighted by Gasteiger charge is -2.21. The average Bonchev–Trinajstić information content (AvgIpc) is 2.60. The molecule has 0 saturated carbocycles.